The van der Waals surface area contributed by atoms with Crippen LogP contribution in [0.15, 0.2) is 46.6 Å². The third-order valence-electron chi connectivity index (χ3n) is 4.03. The van der Waals surface area contributed by atoms with Crippen LogP contribution < -0.4 is 15.6 Å². The molecule has 0 aliphatic heterocycles. The van der Waals surface area contributed by atoms with Gasteiger partial charge in [-0.1, -0.05) is 6.07 Å². The minimum atomic E-state index is -4.80. The molecular weight excluding hydrogens is 453 g/mol. The summed E-state index contributed by atoms with van der Waals surface area (Å²) in [6.07, 6.45) is -4.80. The Balaban J connectivity index is 1.58. The SMILES string of the molecule is Cc1nc2c(=O)n(CC(=O)Nc3ccc(OC(F)(F)F)cc3)nc(-c3cccs3)c2s1. The molecule has 0 fully saturated rings. The Hall–Kier alpha value is -3.25. The van der Waals surface area contributed by atoms with Crippen LogP contribution in [-0.4, -0.2) is 27.0 Å². The number of thiazole rings is 1. The highest BCUT2D eigenvalue weighted by atomic mass is 32.1. The molecule has 1 amide bonds. The number of carbonyl (C=O) groups excluding carboxylic acids is 1. The molecule has 0 spiro atoms. The maximum atomic E-state index is 12.8. The van der Waals surface area contributed by atoms with Crippen molar-refractivity contribution in [2.24, 2.45) is 0 Å². The summed E-state index contributed by atoms with van der Waals surface area (Å²) in [4.78, 5) is 30.3. The summed E-state index contributed by atoms with van der Waals surface area (Å²) in [6, 6.07) is 8.40. The van der Waals surface area contributed by atoms with E-state index in [1.54, 1.807) is 6.92 Å². The lowest BCUT2D eigenvalue weighted by Crippen LogP contribution is -2.30. The molecule has 0 bridgehead atoms. The van der Waals surface area contributed by atoms with Gasteiger partial charge < -0.3 is 10.1 Å². The van der Waals surface area contributed by atoms with Crippen LogP contribution in [0, 0.1) is 6.92 Å². The molecule has 0 unspecified atom stereocenters. The predicted octanol–water partition coefficient (Wildman–Crippen LogP) is 4.43. The van der Waals surface area contributed by atoms with Gasteiger partial charge in [0.25, 0.3) is 5.56 Å². The topological polar surface area (TPSA) is 86.1 Å². The molecule has 0 radical (unpaired) electrons. The molecule has 160 valence electrons. The van der Waals surface area contributed by atoms with E-state index >= 15 is 0 Å². The van der Waals surface area contributed by atoms with E-state index in [1.807, 2.05) is 17.5 Å². The van der Waals surface area contributed by atoms with Crippen LogP contribution in [0.25, 0.3) is 20.8 Å². The Morgan fingerprint density at radius 3 is 2.61 bits per heavy atom. The fourth-order valence-electron chi connectivity index (χ4n) is 2.82. The van der Waals surface area contributed by atoms with Crippen LogP contribution in [0.1, 0.15) is 5.01 Å². The van der Waals surface area contributed by atoms with E-state index in [9.17, 15) is 22.8 Å². The lowest BCUT2D eigenvalue weighted by Gasteiger charge is -2.10. The Kier molecular flexibility index (Phi) is 5.50. The number of anilines is 1. The first kappa shape index (κ1) is 21.0. The Morgan fingerprint density at radius 2 is 1.97 bits per heavy atom. The van der Waals surface area contributed by atoms with Gasteiger partial charge in [-0.15, -0.1) is 35.8 Å². The second kappa shape index (κ2) is 8.12. The van der Waals surface area contributed by atoms with E-state index in [2.05, 4.69) is 20.1 Å². The number of nitrogens with one attached hydrogen (secondary N) is 1. The maximum Gasteiger partial charge on any atom is 0.573 e. The first-order valence-electron chi connectivity index (χ1n) is 8.77. The molecule has 3 aromatic heterocycles. The molecule has 31 heavy (non-hydrogen) atoms. The van der Waals surface area contributed by atoms with Crippen LogP contribution in [0.5, 0.6) is 5.75 Å². The van der Waals surface area contributed by atoms with Crippen LogP contribution in [0.3, 0.4) is 0 Å². The van der Waals surface area contributed by atoms with Gasteiger partial charge in [0.15, 0.2) is 5.52 Å². The molecule has 0 saturated heterocycles. The third-order valence-corrected chi connectivity index (χ3v) is 5.88. The Labute approximate surface area is 180 Å². The largest absolute Gasteiger partial charge is 0.573 e. The average molecular weight is 466 g/mol. The second-order valence-corrected chi connectivity index (χ2v) is 8.47. The van der Waals surface area contributed by atoms with Gasteiger partial charge in [0.05, 0.1) is 14.6 Å². The summed E-state index contributed by atoms with van der Waals surface area (Å²) >= 11 is 2.80. The minimum Gasteiger partial charge on any atom is -0.406 e. The van der Waals surface area contributed by atoms with Crippen LogP contribution in [0.4, 0.5) is 18.9 Å². The van der Waals surface area contributed by atoms with Gasteiger partial charge in [-0.2, -0.15) is 5.10 Å². The lowest BCUT2D eigenvalue weighted by atomic mass is 10.3. The van der Waals surface area contributed by atoms with Gasteiger partial charge in [0.1, 0.15) is 18.0 Å². The van der Waals surface area contributed by atoms with Crippen molar-refractivity contribution < 1.29 is 22.7 Å². The number of ether oxygens (including phenoxy) is 1. The number of hydrogen-bond acceptors (Lipinski definition) is 7. The highest BCUT2D eigenvalue weighted by Crippen LogP contribution is 2.32. The van der Waals surface area contributed by atoms with E-state index in [-0.39, 0.29) is 17.7 Å². The van der Waals surface area contributed by atoms with Crippen molar-refractivity contribution in [3.05, 3.63) is 57.1 Å². The van der Waals surface area contributed by atoms with Crippen molar-refractivity contribution in [2.45, 2.75) is 19.8 Å². The molecule has 1 N–H and O–H groups in total. The van der Waals surface area contributed by atoms with Crippen molar-refractivity contribution in [2.75, 3.05) is 5.32 Å². The number of alkyl halides is 3. The average Bonchev–Trinajstić information content (AvgIpc) is 3.34. The summed E-state index contributed by atoms with van der Waals surface area (Å²) in [6.45, 7) is 1.40. The Morgan fingerprint density at radius 1 is 1.23 bits per heavy atom. The zero-order valence-corrected chi connectivity index (χ0v) is 17.4. The lowest BCUT2D eigenvalue weighted by molar-refractivity contribution is -0.274. The molecule has 0 saturated carbocycles. The fraction of sp³-hybridized carbons (Fsp3) is 0.158. The maximum absolute atomic E-state index is 12.8. The molecule has 4 rings (SSSR count). The van der Waals surface area contributed by atoms with Crippen LogP contribution >= 0.6 is 22.7 Å². The van der Waals surface area contributed by atoms with Gasteiger partial charge in [-0.3, -0.25) is 9.59 Å². The summed E-state index contributed by atoms with van der Waals surface area (Å²) in [7, 11) is 0. The number of carbonyl (C=O) groups is 1. The first-order chi connectivity index (χ1) is 14.7. The summed E-state index contributed by atoms with van der Waals surface area (Å²) < 4.78 is 42.2. The predicted molar refractivity (Wildman–Crippen MR) is 111 cm³/mol. The first-order valence-corrected chi connectivity index (χ1v) is 10.5. The van der Waals surface area contributed by atoms with E-state index in [1.165, 1.54) is 34.8 Å². The van der Waals surface area contributed by atoms with Crippen LogP contribution in [-0.2, 0) is 11.3 Å². The zero-order valence-electron chi connectivity index (χ0n) is 15.8. The summed E-state index contributed by atoms with van der Waals surface area (Å²) in [5.41, 5.74) is 0.555. The number of amides is 1. The fourth-order valence-corrected chi connectivity index (χ4v) is 4.51. The molecule has 4 aromatic rings. The number of nitrogens with zero attached hydrogens (tertiary/aromatic N) is 3. The number of benzene rings is 1. The number of aromatic nitrogens is 3. The van der Waals surface area contributed by atoms with Gasteiger partial charge in [0, 0.05) is 5.69 Å². The normalized spacial score (nSPS) is 11.6. The summed E-state index contributed by atoms with van der Waals surface area (Å²) in [5, 5.41) is 9.48. The standard InChI is InChI=1S/C19H13F3N4O3S2/c1-10-23-16-17(31-10)15(13-3-2-8-30-13)25-26(18(16)28)9-14(27)24-11-4-6-12(7-5-11)29-19(20,21)22/h2-8H,9H2,1H3,(H,24,27). The number of thiophene rings is 1. The molecular formula is C19H13F3N4O3S2. The van der Waals surface area contributed by atoms with E-state index in [0.717, 1.165) is 21.7 Å². The van der Waals surface area contributed by atoms with E-state index in [0.29, 0.717) is 15.4 Å². The zero-order chi connectivity index (χ0) is 22.2. The smallest absolute Gasteiger partial charge is 0.406 e. The highest BCUT2D eigenvalue weighted by molar-refractivity contribution is 7.20. The van der Waals surface area contributed by atoms with Gasteiger partial charge in [0.2, 0.25) is 5.91 Å². The van der Waals surface area contributed by atoms with Crippen molar-refractivity contribution in [3.63, 3.8) is 0 Å². The summed E-state index contributed by atoms with van der Waals surface area (Å²) in [5.74, 6) is -0.976. The molecule has 3 heterocycles. The van der Waals surface area contributed by atoms with Crippen molar-refractivity contribution in [1.29, 1.82) is 0 Å². The highest BCUT2D eigenvalue weighted by Gasteiger charge is 2.31. The van der Waals surface area contributed by atoms with Crippen LogP contribution in [0.2, 0.25) is 0 Å². The monoisotopic (exact) mass is 466 g/mol. The number of hydrogen-bond donors (Lipinski definition) is 1. The number of fused-ring (bicyclic) bond motifs is 1. The number of halogens is 3. The number of rotatable bonds is 5. The molecule has 0 aliphatic rings. The van der Waals surface area contributed by atoms with E-state index in [4.69, 9.17) is 0 Å². The third kappa shape index (κ3) is 4.75. The van der Waals surface area contributed by atoms with Crippen molar-refractivity contribution >= 4 is 44.5 Å². The van der Waals surface area contributed by atoms with Gasteiger partial charge in [-0.25, -0.2) is 9.67 Å². The van der Waals surface area contributed by atoms with Crippen molar-refractivity contribution in [1.82, 2.24) is 14.8 Å². The quantitative estimate of drug-likeness (QED) is 0.470. The second-order valence-electron chi connectivity index (χ2n) is 6.32. The molecule has 7 nitrogen and oxygen atoms in total. The van der Waals surface area contributed by atoms with Crippen molar-refractivity contribution in [3.8, 4) is 16.3 Å². The van der Waals surface area contributed by atoms with E-state index < -0.39 is 23.6 Å². The van der Waals surface area contributed by atoms with Gasteiger partial charge in [-0.05, 0) is 42.6 Å². The molecule has 0 atom stereocenters. The number of aryl methyl sites for hydroxylation is 1. The Bertz CT molecular complexity index is 1300. The molecule has 1 aromatic carbocycles. The minimum absolute atomic E-state index is 0.238. The molecule has 12 heteroatoms. The van der Waals surface area contributed by atoms with Gasteiger partial charge >= 0.3 is 6.36 Å². The molecule has 0 aliphatic carbocycles.